The molecule has 1 atom stereocenters. The topological polar surface area (TPSA) is 89.2 Å². The molecule has 0 bridgehead atoms. The Balaban J connectivity index is 1.87. The van der Waals surface area contributed by atoms with Crippen LogP contribution in [0, 0.1) is 0 Å². The van der Waals surface area contributed by atoms with Crippen LogP contribution in [0.2, 0.25) is 0 Å². The number of rotatable bonds is 5. The zero-order valence-electron chi connectivity index (χ0n) is 17.9. The number of carbonyl (C=O) groups is 2. The number of benzene rings is 2. The number of carbonyl (C=O) groups excluding carboxylic acids is 2. The first-order valence-electron chi connectivity index (χ1n) is 9.91. The Morgan fingerprint density at radius 3 is 2.24 bits per heavy atom. The molecule has 0 saturated carbocycles. The molecule has 7 nitrogen and oxygen atoms in total. The number of nitrogens with zero attached hydrogens (tertiary/aromatic N) is 1. The SMILES string of the molecule is COc1ccc(/C(O)=C2/C(=O)C(=O)N(c3ccc(C(F)(F)F)cc3)C2c2ccco2)cc1OC. The number of hydrogen-bond acceptors (Lipinski definition) is 6. The molecule has 0 spiro atoms. The van der Waals surface area contributed by atoms with Crippen molar-refractivity contribution in [2.45, 2.75) is 12.2 Å². The summed E-state index contributed by atoms with van der Waals surface area (Å²) in [4.78, 5) is 27.0. The third-order valence-electron chi connectivity index (χ3n) is 5.39. The van der Waals surface area contributed by atoms with E-state index in [4.69, 9.17) is 13.9 Å². The Labute approximate surface area is 191 Å². The number of hydrogen-bond donors (Lipinski definition) is 1. The average molecular weight is 473 g/mol. The van der Waals surface area contributed by atoms with Crippen LogP contribution in [0.25, 0.3) is 5.76 Å². The number of halogens is 3. The number of anilines is 1. The Kier molecular flexibility index (Phi) is 5.82. The van der Waals surface area contributed by atoms with E-state index in [1.807, 2.05) is 0 Å². The van der Waals surface area contributed by atoms with Gasteiger partial charge in [-0.2, -0.15) is 13.2 Å². The van der Waals surface area contributed by atoms with Crippen LogP contribution in [0.5, 0.6) is 11.5 Å². The first-order valence-corrected chi connectivity index (χ1v) is 9.91. The number of alkyl halides is 3. The van der Waals surface area contributed by atoms with Crippen LogP contribution in [0.3, 0.4) is 0 Å². The molecule has 1 aliphatic rings. The predicted octanol–water partition coefficient (Wildman–Crippen LogP) is 4.94. The molecule has 1 N–H and O–H groups in total. The van der Waals surface area contributed by atoms with Crippen LogP contribution < -0.4 is 14.4 Å². The summed E-state index contributed by atoms with van der Waals surface area (Å²) < 4.78 is 54.8. The van der Waals surface area contributed by atoms with Crippen molar-refractivity contribution >= 4 is 23.1 Å². The second-order valence-electron chi connectivity index (χ2n) is 7.30. The van der Waals surface area contributed by atoms with E-state index in [9.17, 15) is 27.9 Å². The van der Waals surface area contributed by atoms with E-state index in [0.29, 0.717) is 5.75 Å². The van der Waals surface area contributed by atoms with E-state index in [0.717, 1.165) is 29.2 Å². The Bertz CT molecular complexity index is 1260. The van der Waals surface area contributed by atoms with E-state index in [1.165, 1.54) is 50.8 Å². The van der Waals surface area contributed by atoms with E-state index in [-0.39, 0.29) is 28.3 Å². The lowest BCUT2D eigenvalue weighted by Gasteiger charge is -2.23. The van der Waals surface area contributed by atoms with Crippen molar-refractivity contribution < 1.29 is 41.8 Å². The molecule has 0 aliphatic carbocycles. The van der Waals surface area contributed by atoms with E-state index < -0.39 is 35.2 Å². The summed E-state index contributed by atoms with van der Waals surface area (Å²) in [6.45, 7) is 0. The number of ketones is 1. The van der Waals surface area contributed by atoms with Gasteiger partial charge in [0, 0.05) is 11.3 Å². The lowest BCUT2D eigenvalue weighted by Crippen LogP contribution is -2.29. The Hall–Kier alpha value is -4.21. The molecule has 0 radical (unpaired) electrons. The standard InChI is InChI=1S/C24H18F3NO6/c1-32-16-10-5-13(12-18(16)33-2)21(29)19-20(17-4-3-11-34-17)28(23(31)22(19)30)15-8-6-14(7-9-15)24(25,26)27/h3-12,20,29H,1-2H3/b21-19-. The number of furan rings is 1. The fourth-order valence-corrected chi connectivity index (χ4v) is 3.76. The number of aliphatic hydroxyl groups is 1. The minimum Gasteiger partial charge on any atom is -0.507 e. The highest BCUT2D eigenvalue weighted by Crippen LogP contribution is 2.43. The summed E-state index contributed by atoms with van der Waals surface area (Å²) in [6.07, 6.45) is -3.25. The van der Waals surface area contributed by atoms with Crippen molar-refractivity contribution in [1.29, 1.82) is 0 Å². The lowest BCUT2D eigenvalue weighted by atomic mass is 9.99. The van der Waals surface area contributed by atoms with Crippen molar-refractivity contribution in [2.75, 3.05) is 19.1 Å². The molecule has 34 heavy (non-hydrogen) atoms. The lowest BCUT2D eigenvalue weighted by molar-refractivity contribution is -0.137. The van der Waals surface area contributed by atoms with Crippen molar-refractivity contribution in [2.24, 2.45) is 0 Å². The maximum atomic E-state index is 13.0. The Morgan fingerprint density at radius 1 is 1.00 bits per heavy atom. The predicted molar refractivity (Wildman–Crippen MR) is 114 cm³/mol. The largest absolute Gasteiger partial charge is 0.507 e. The smallest absolute Gasteiger partial charge is 0.416 e. The number of aliphatic hydroxyl groups excluding tert-OH is 1. The highest BCUT2D eigenvalue weighted by atomic mass is 19.4. The molecule has 2 aromatic carbocycles. The number of Topliss-reactive ketones (excluding diaryl/α,β-unsaturated/α-hetero) is 1. The molecule has 176 valence electrons. The molecule has 1 aliphatic heterocycles. The van der Waals surface area contributed by atoms with Gasteiger partial charge in [-0.25, -0.2) is 0 Å². The maximum absolute atomic E-state index is 13.0. The normalized spacial score (nSPS) is 17.8. The van der Waals surface area contributed by atoms with Gasteiger partial charge in [0.1, 0.15) is 17.6 Å². The zero-order chi connectivity index (χ0) is 24.6. The van der Waals surface area contributed by atoms with Gasteiger partial charge in [0.15, 0.2) is 11.5 Å². The highest BCUT2D eigenvalue weighted by molar-refractivity contribution is 6.51. The maximum Gasteiger partial charge on any atom is 0.416 e. The van der Waals surface area contributed by atoms with Gasteiger partial charge in [0.2, 0.25) is 0 Å². The van der Waals surface area contributed by atoms with Crippen LogP contribution in [0.1, 0.15) is 22.9 Å². The van der Waals surface area contributed by atoms with Crippen LogP contribution in [0.15, 0.2) is 70.9 Å². The molecule has 10 heteroatoms. The number of methoxy groups -OCH3 is 2. The van der Waals surface area contributed by atoms with E-state index in [2.05, 4.69) is 0 Å². The molecule has 1 aromatic heterocycles. The number of ether oxygens (including phenoxy) is 2. The molecule has 2 heterocycles. The molecular weight excluding hydrogens is 455 g/mol. The van der Waals surface area contributed by atoms with Crippen LogP contribution >= 0.6 is 0 Å². The van der Waals surface area contributed by atoms with Crippen LogP contribution in [-0.2, 0) is 15.8 Å². The van der Waals surface area contributed by atoms with E-state index in [1.54, 1.807) is 0 Å². The first kappa shape index (κ1) is 23.0. The molecule has 3 aromatic rings. The molecule has 1 unspecified atom stereocenters. The average Bonchev–Trinajstić information content (AvgIpc) is 3.44. The van der Waals surface area contributed by atoms with Gasteiger partial charge >= 0.3 is 6.18 Å². The minimum absolute atomic E-state index is 0.0304. The molecule has 1 saturated heterocycles. The summed E-state index contributed by atoms with van der Waals surface area (Å²) >= 11 is 0. The summed E-state index contributed by atoms with van der Waals surface area (Å²) in [6, 6.07) is 10.0. The summed E-state index contributed by atoms with van der Waals surface area (Å²) in [5.41, 5.74) is -0.998. The first-order chi connectivity index (χ1) is 16.2. The third-order valence-corrected chi connectivity index (χ3v) is 5.39. The molecule has 1 fully saturated rings. The summed E-state index contributed by atoms with van der Waals surface area (Å²) in [5.74, 6) is -1.75. The van der Waals surface area contributed by atoms with Crippen molar-refractivity contribution in [3.8, 4) is 11.5 Å². The van der Waals surface area contributed by atoms with Gasteiger partial charge in [-0.15, -0.1) is 0 Å². The van der Waals surface area contributed by atoms with Crippen LogP contribution in [0.4, 0.5) is 18.9 Å². The quantitative estimate of drug-likeness (QED) is 0.321. The highest BCUT2D eigenvalue weighted by Gasteiger charge is 2.48. The second kappa shape index (κ2) is 8.62. The van der Waals surface area contributed by atoms with Gasteiger partial charge in [0.25, 0.3) is 11.7 Å². The Morgan fingerprint density at radius 2 is 1.68 bits per heavy atom. The molecule has 4 rings (SSSR count). The fraction of sp³-hybridized carbons (Fsp3) is 0.167. The molecule has 1 amide bonds. The minimum atomic E-state index is -4.57. The van der Waals surface area contributed by atoms with Gasteiger partial charge in [-0.3, -0.25) is 14.5 Å². The monoisotopic (exact) mass is 473 g/mol. The zero-order valence-corrected chi connectivity index (χ0v) is 17.9. The van der Waals surface area contributed by atoms with Gasteiger partial charge < -0.3 is 19.0 Å². The van der Waals surface area contributed by atoms with Crippen molar-refractivity contribution in [3.63, 3.8) is 0 Å². The van der Waals surface area contributed by atoms with Gasteiger partial charge in [-0.05, 0) is 54.6 Å². The van der Waals surface area contributed by atoms with Gasteiger partial charge in [-0.1, -0.05) is 0 Å². The van der Waals surface area contributed by atoms with Crippen molar-refractivity contribution in [1.82, 2.24) is 0 Å². The van der Waals surface area contributed by atoms with Crippen LogP contribution in [-0.4, -0.2) is 31.0 Å². The third kappa shape index (κ3) is 3.87. The van der Waals surface area contributed by atoms with E-state index >= 15 is 0 Å². The number of amides is 1. The second-order valence-corrected chi connectivity index (χ2v) is 7.30. The molecular formula is C24H18F3NO6. The summed E-state index contributed by atoms with van der Waals surface area (Å²) in [5, 5.41) is 11.1. The fourth-order valence-electron chi connectivity index (χ4n) is 3.76. The van der Waals surface area contributed by atoms with Gasteiger partial charge in [0.05, 0.1) is 31.6 Å². The summed E-state index contributed by atoms with van der Waals surface area (Å²) in [7, 11) is 2.83. The van der Waals surface area contributed by atoms with Crippen molar-refractivity contribution in [3.05, 3.63) is 83.3 Å².